The standard InChI is InChI=1S/C14H21N3O3S/c1-2-19-13(18)11-5-7-16(8-6-11)9-17-14(21)20-12(15-17)10-3-4-10/h10-11H,2-9H2,1H3/p+1. The molecule has 6 nitrogen and oxygen atoms in total. The van der Waals surface area contributed by atoms with Crippen molar-refractivity contribution in [1.29, 1.82) is 0 Å². The van der Waals surface area contributed by atoms with E-state index in [0.717, 1.165) is 51.3 Å². The van der Waals surface area contributed by atoms with Gasteiger partial charge in [0, 0.05) is 18.8 Å². The first kappa shape index (κ1) is 14.7. The number of carbonyl (C=O) groups is 1. The molecule has 2 heterocycles. The molecule has 1 aromatic rings. The molecule has 7 heteroatoms. The lowest BCUT2D eigenvalue weighted by Crippen LogP contribution is -3.12. The van der Waals surface area contributed by atoms with E-state index in [1.807, 2.05) is 6.92 Å². The summed E-state index contributed by atoms with van der Waals surface area (Å²) in [5.41, 5.74) is 0. The Morgan fingerprint density at radius 2 is 2.14 bits per heavy atom. The second-order valence-corrected chi connectivity index (χ2v) is 6.26. The molecule has 1 aliphatic heterocycles. The van der Waals surface area contributed by atoms with E-state index in [1.165, 1.54) is 4.90 Å². The highest BCUT2D eigenvalue weighted by Gasteiger charge is 2.31. The van der Waals surface area contributed by atoms with Gasteiger partial charge in [-0.25, -0.2) is 0 Å². The fourth-order valence-corrected chi connectivity index (χ4v) is 3.00. The molecule has 0 atom stereocenters. The van der Waals surface area contributed by atoms with Crippen LogP contribution in [0, 0.1) is 10.8 Å². The molecule has 0 spiro atoms. The summed E-state index contributed by atoms with van der Waals surface area (Å²) in [5.74, 6) is 1.28. The molecule has 1 aliphatic carbocycles. The van der Waals surface area contributed by atoms with Gasteiger partial charge in [-0.2, -0.15) is 4.68 Å². The summed E-state index contributed by atoms with van der Waals surface area (Å²) < 4.78 is 12.4. The van der Waals surface area contributed by atoms with Gasteiger partial charge in [-0.05, 0) is 32.0 Å². The van der Waals surface area contributed by atoms with Gasteiger partial charge >= 0.3 is 5.97 Å². The van der Waals surface area contributed by atoms with Crippen molar-refractivity contribution in [2.24, 2.45) is 5.92 Å². The molecule has 1 saturated carbocycles. The van der Waals surface area contributed by atoms with Gasteiger partial charge in [0.25, 0.3) is 4.84 Å². The Labute approximate surface area is 129 Å². The monoisotopic (exact) mass is 312 g/mol. The zero-order valence-corrected chi connectivity index (χ0v) is 13.2. The van der Waals surface area contributed by atoms with Crippen LogP contribution in [0.4, 0.5) is 0 Å². The highest BCUT2D eigenvalue weighted by atomic mass is 32.1. The van der Waals surface area contributed by atoms with Crippen LogP contribution in [0.1, 0.15) is 44.4 Å². The Hall–Kier alpha value is -1.21. The maximum Gasteiger partial charge on any atom is 0.309 e. The molecular weight excluding hydrogens is 290 g/mol. The minimum atomic E-state index is -0.0504. The minimum Gasteiger partial charge on any atom is -0.466 e. The Balaban J connectivity index is 1.53. The summed E-state index contributed by atoms with van der Waals surface area (Å²) in [7, 11) is 0. The number of likely N-dealkylation sites (tertiary alicyclic amines) is 1. The zero-order chi connectivity index (χ0) is 14.8. The average Bonchev–Trinajstić information content (AvgIpc) is 3.26. The van der Waals surface area contributed by atoms with Crippen molar-refractivity contribution in [3.63, 3.8) is 0 Å². The summed E-state index contributed by atoms with van der Waals surface area (Å²) in [4.78, 5) is 13.6. The molecule has 0 amide bonds. The summed E-state index contributed by atoms with van der Waals surface area (Å²) in [6.45, 7) is 4.92. The van der Waals surface area contributed by atoms with E-state index in [9.17, 15) is 4.79 Å². The number of esters is 1. The van der Waals surface area contributed by atoms with Crippen LogP contribution >= 0.6 is 12.2 Å². The lowest BCUT2D eigenvalue weighted by atomic mass is 9.97. The van der Waals surface area contributed by atoms with Crippen LogP contribution in [0.5, 0.6) is 0 Å². The topological polar surface area (TPSA) is 61.7 Å². The van der Waals surface area contributed by atoms with Crippen LogP contribution in [-0.2, 0) is 16.2 Å². The lowest BCUT2D eigenvalue weighted by Gasteiger charge is -2.27. The Bertz CT molecular complexity index is 556. The molecule has 2 aliphatic rings. The van der Waals surface area contributed by atoms with E-state index in [2.05, 4.69) is 5.10 Å². The van der Waals surface area contributed by atoms with E-state index < -0.39 is 0 Å². The van der Waals surface area contributed by atoms with Crippen molar-refractivity contribution in [3.05, 3.63) is 10.7 Å². The second-order valence-electron chi connectivity index (χ2n) is 5.91. The van der Waals surface area contributed by atoms with E-state index in [4.69, 9.17) is 21.4 Å². The molecule has 116 valence electrons. The van der Waals surface area contributed by atoms with Crippen molar-refractivity contribution in [1.82, 2.24) is 9.78 Å². The molecule has 0 aromatic carbocycles. The Kier molecular flexibility index (Phi) is 4.40. The molecule has 1 saturated heterocycles. The van der Waals surface area contributed by atoms with Gasteiger partial charge in [-0.15, -0.1) is 5.10 Å². The number of ether oxygens (including phenoxy) is 1. The minimum absolute atomic E-state index is 0.0504. The third kappa shape index (κ3) is 3.52. The van der Waals surface area contributed by atoms with Crippen molar-refractivity contribution in [3.8, 4) is 0 Å². The quantitative estimate of drug-likeness (QED) is 0.646. The van der Waals surface area contributed by atoms with E-state index in [0.29, 0.717) is 17.4 Å². The normalized spacial score (nSPS) is 25.8. The highest BCUT2D eigenvalue weighted by Crippen LogP contribution is 2.38. The number of piperidine rings is 1. The molecule has 1 N–H and O–H groups in total. The first-order valence-corrected chi connectivity index (χ1v) is 8.16. The zero-order valence-electron chi connectivity index (χ0n) is 12.3. The molecule has 0 bridgehead atoms. The number of quaternary nitrogens is 1. The fourth-order valence-electron chi connectivity index (χ4n) is 2.81. The third-order valence-corrected chi connectivity index (χ3v) is 4.53. The number of carbonyl (C=O) groups excluding carboxylic acids is 1. The van der Waals surface area contributed by atoms with Crippen LogP contribution in [0.3, 0.4) is 0 Å². The van der Waals surface area contributed by atoms with Gasteiger partial charge in [-0.1, -0.05) is 0 Å². The molecule has 0 unspecified atom stereocenters. The van der Waals surface area contributed by atoms with E-state index in [-0.39, 0.29) is 11.9 Å². The van der Waals surface area contributed by atoms with Crippen LogP contribution in [0.25, 0.3) is 0 Å². The van der Waals surface area contributed by atoms with Crippen LogP contribution in [-0.4, -0.2) is 35.4 Å². The van der Waals surface area contributed by atoms with E-state index in [1.54, 1.807) is 4.68 Å². The largest absolute Gasteiger partial charge is 0.466 e. The van der Waals surface area contributed by atoms with Gasteiger partial charge in [0.15, 0.2) is 6.67 Å². The first-order chi connectivity index (χ1) is 10.2. The Morgan fingerprint density at radius 1 is 1.43 bits per heavy atom. The summed E-state index contributed by atoms with van der Waals surface area (Å²) in [5, 5.41) is 4.48. The Morgan fingerprint density at radius 3 is 2.76 bits per heavy atom. The third-order valence-electron chi connectivity index (χ3n) is 4.23. The lowest BCUT2D eigenvalue weighted by molar-refractivity contribution is -0.929. The molecule has 1 aromatic heterocycles. The number of aromatic nitrogens is 2. The number of hydrogen-bond acceptors (Lipinski definition) is 5. The van der Waals surface area contributed by atoms with Crippen LogP contribution < -0.4 is 4.90 Å². The van der Waals surface area contributed by atoms with Crippen molar-refractivity contribution >= 4 is 18.2 Å². The molecule has 2 fully saturated rings. The fraction of sp³-hybridized carbons (Fsp3) is 0.786. The van der Waals surface area contributed by atoms with Crippen LogP contribution in [0.2, 0.25) is 0 Å². The van der Waals surface area contributed by atoms with Crippen LogP contribution in [0.15, 0.2) is 4.42 Å². The number of nitrogens with one attached hydrogen (secondary N) is 1. The maximum absolute atomic E-state index is 11.7. The summed E-state index contributed by atoms with van der Waals surface area (Å²) in [6.07, 6.45) is 4.06. The first-order valence-electron chi connectivity index (χ1n) is 7.75. The SMILES string of the molecule is CCOC(=O)C1CC[NH+](Cn2nc(C3CC3)oc2=S)CC1. The molecule has 3 rings (SSSR count). The molecule has 0 radical (unpaired) electrons. The van der Waals surface area contributed by atoms with Gasteiger partial charge < -0.3 is 14.1 Å². The van der Waals surface area contributed by atoms with Gasteiger partial charge in [0.2, 0.25) is 5.89 Å². The van der Waals surface area contributed by atoms with Gasteiger partial charge in [0.05, 0.1) is 25.6 Å². The van der Waals surface area contributed by atoms with Crippen molar-refractivity contribution in [2.45, 2.75) is 45.2 Å². The second kappa shape index (κ2) is 6.27. The van der Waals surface area contributed by atoms with Crippen molar-refractivity contribution < 1.29 is 18.8 Å². The van der Waals surface area contributed by atoms with Gasteiger partial charge in [0.1, 0.15) is 0 Å². The maximum atomic E-state index is 11.7. The predicted octanol–water partition coefficient (Wildman–Crippen LogP) is 0.898. The summed E-state index contributed by atoms with van der Waals surface area (Å²) in [6, 6.07) is 0. The average molecular weight is 312 g/mol. The predicted molar refractivity (Wildman–Crippen MR) is 77.4 cm³/mol. The number of rotatable bonds is 5. The molecular formula is C14H22N3O3S+. The summed E-state index contributed by atoms with van der Waals surface area (Å²) >= 11 is 5.23. The number of nitrogens with zero attached hydrogens (tertiary/aromatic N) is 2. The molecule has 21 heavy (non-hydrogen) atoms. The smallest absolute Gasteiger partial charge is 0.309 e. The van der Waals surface area contributed by atoms with E-state index >= 15 is 0 Å². The number of hydrogen-bond donors (Lipinski definition) is 1. The van der Waals surface area contributed by atoms with Crippen molar-refractivity contribution in [2.75, 3.05) is 19.7 Å². The van der Waals surface area contributed by atoms with Gasteiger partial charge in [-0.3, -0.25) is 4.79 Å². The highest BCUT2D eigenvalue weighted by molar-refractivity contribution is 7.71.